The molecule has 0 bridgehead atoms. The van der Waals surface area contributed by atoms with Crippen molar-refractivity contribution in [1.82, 2.24) is 0 Å². The number of halogens is 1. The Morgan fingerprint density at radius 1 is 0.931 bits per heavy atom. The maximum Gasteiger partial charge on any atom is 0.243 e. The molecule has 6 heteroatoms. The van der Waals surface area contributed by atoms with Gasteiger partial charge in [0, 0.05) is 10.7 Å². The maximum atomic E-state index is 12.3. The molecule has 2 N–H and O–H groups in total. The highest BCUT2D eigenvalue weighted by atomic mass is 35.5. The zero-order chi connectivity index (χ0) is 20.5. The second kappa shape index (κ2) is 10.4. The molecule has 0 aromatic heterocycles. The molecule has 0 fully saturated rings. The highest BCUT2D eigenvalue weighted by molar-refractivity contribution is 6.31. The Hall–Kier alpha value is -3.18. The number of anilines is 2. The third-order valence-corrected chi connectivity index (χ3v) is 4.55. The molecule has 150 valence electrons. The van der Waals surface area contributed by atoms with Gasteiger partial charge >= 0.3 is 0 Å². The SMILES string of the molecule is Cc1ccc(NCC(=O)Nc2ccccc2OCCOc2ccccc2)cc1Cl. The van der Waals surface area contributed by atoms with Crippen molar-refractivity contribution in [3.8, 4) is 11.5 Å². The van der Waals surface area contributed by atoms with Crippen LogP contribution in [0.25, 0.3) is 0 Å². The van der Waals surface area contributed by atoms with Gasteiger partial charge in [-0.1, -0.05) is 48.0 Å². The molecule has 3 aromatic carbocycles. The van der Waals surface area contributed by atoms with Crippen molar-refractivity contribution in [3.63, 3.8) is 0 Å². The lowest BCUT2D eigenvalue weighted by Gasteiger charge is -2.13. The van der Waals surface area contributed by atoms with E-state index in [9.17, 15) is 4.79 Å². The summed E-state index contributed by atoms with van der Waals surface area (Å²) in [6, 6.07) is 22.5. The molecule has 5 nitrogen and oxygen atoms in total. The number of hydrogen-bond acceptors (Lipinski definition) is 4. The highest BCUT2D eigenvalue weighted by Gasteiger charge is 2.08. The number of aryl methyl sites for hydroxylation is 1. The minimum Gasteiger partial charge on any atom is -0.490 e. The Kier molecular flexibility index (Phi) is 7.36. The number of ether oxygens (including phenoxy) is 2. The van der Waals surface area contributed by atoms with Crippen LogP contribution in [0.2, 0.25) is 5.02 Å². The molecule has 3 aromatic rings. The van der Waals surface area contributed by atoms with E-state index in [4.69, 9.17) is 21.1 Å². The van der Waals surface area contributed by atoms with Crippen LogP contribution in [0.5, 0.6) is 11.5 Å². The Morgan fingerprint density at radius 2 is 1.66 bits per heavy atom. The van der Waals surface area contributed by atoms with E-state index in [1.54, 1.807) is 12.1 Å². The summed E-state index contributed by atoms with van der Waals surface area (Å²) in [6.45, 7) is 2.81. The lowest BCUT2D eigenvalue weighted by atomic mass is 10.2. The van der Waals surface area contributed by atoms with E-state index in [0.29, 0.717) is 29.7 Å². The summed E-state index contributed by atoms with van der Waals surface area (Å²) in [4.78, 5) is 12.3. The minimum absolute atomic E-state index is 0.116. The predicted molar refractivity (Wildman–Crippen MR) is 117 cm³/mol. The molecular weight excluding hydrogens is 388 g/mol. The van der Waals surface area contributed by atoms with Crippen molar-refractivity contribution < 1.29 is 14.3 Å². The lowest BCUT2D eigenvalue weighted by Crippen LogP contribution is -2.22. The first-order chi connectivity index (χ1) is 14.1. The van der Waals surface area contributed by atoms with Crippen molar-refractivity contribution in [2.45, 2.75) is 6.92 Å². The summed E-state index contributed by atoms with van der Waals surface area (Å²) in [5, 5.41) is 6.59. The third-order valence-electron chi connectivity index (χ3n) is 4.14. The molecule has 0 radical (unpaired) electrons. The minimum atomic E-state index is -0.182. The number of para-hydroxylation sites is 3. The van der Waals surface area contributed by atoms with E-state index in [-0.39, 0.29) is 12.5 Å². The molecule has 0 aliphatic rings. The summed E-state index contributed by atoms with van der Waals surface area (Å²) in [6.07, 6.45) is 0. The van der Waals surface area contributed by atoms with Crippen molar-refractivity contribution in [2.75, 3.05) is 30.4 Å². The summed E-state index contributed by atoms with van der Waals surface area (Å²) >= 11 is 6.11. The molecule has 0 saturated carbocycles. The van der Waals surface area contributed by atoms with Crippen molar-refractivity contribution in [3.05, 3.63) is 83.4 Å². The van der Waals surface area contributed by atoms with Crippen LogP contribution in [0, 0.1) is 6.92 Å². The molecule has 0 aliphatic heterocycles. The van der Waals surface area contributed by atoms with Gasteiger partial charge in [0.15, 0.2) is 0 Å². The van der Waals surface area contributed by atoms with E-state index < -0.39 is 0 Å². The molecule has 0 saturated heterocycles. The molecule has 0 atom stereocenters. The summed E-state index contributed by atoms with van der Waals surface area (Å²) in [5.41, 5.74) is 2.39. The van der Waals surface area contributed by atoms with Crippen LogP contribution in [0.4, 0.5) is 11.4 Å². The molecule has 1 amide bonds. The van der Waals surface area contributed by atoms with E-state index in [0.717, 1.165) is 17.0 Å². The van der Waals surface area contributed by atoms with Gasteiger partial charge in [-0.3, -0.25) is 4.79 Å². The predicted octanol–water partition coefficient (Wildman–Crippen LogP) is 5.16. The zero-order valence-corrected chi connectivity index (χ0v) is 16.9. The fourth-order valence-corrected chi connectivity index (χ4v) is 2.78. The smallest absolute Gasteiger partial charge is 0.243 e. The number of hydrogen-bond donors (Lipinski definition) is 2. The highest BCUT2D eigenvalue weighted by Crippen LogP contribution is 2.24. The van der Waals surface area contributed by atoms with Crippen LogP contribution in [0.1, 0.15) is 5.56 Å². The number of amides is 1. The first-order valence-corrected chi connectivity index (χ1v) is 9.69. The first kappa shape index (κ1) is 20.6. The van der Waals surface area contributed by atoms with Gasteiger partial charge < -0.3 is 20.1 Å². The summed E-state index contributed by atoms with van der Waals surface area (Å²) < 4.78 is 11.4. The van der Waals surface area contributed by atoms with Gasteiger partial charge in [-0.05, 0) is 48.9 Å². The van der Waals surface area contributed by atoms with Gasteiger partial charge in [-0.15, -0.1) is 0 Å². The van der Waals surface area contributed by atoms with Gasteiger partial charge in [0.25, 0.3) is 0 Å². The monoisotopic (exact) mass is 410 g/mol. The normalized spacial score (nSPS) is 10.3. The lowest BCUT2D eigenvalue weighted by molar-refractivity contribution is -0.114. The second-order valence-electron chi connectivity index (χ2n) is 6.37. The van der Waals surface area contributed by atoms with Crippen LogP contribution in [-0.2, 0) is 4.79 Å². The number of benzene rings is 3. The Bertz CT molecular complexity index is 948. The van der Waals surface area contributed by atoms with Crippen LogP contribution in [-0.4, -0.2) is 25.7 Å². The summed E-state index contributed by atoms with van der Waals surface area (Å²) in [7, 11) is 0. The molecular formula is C23H23ClN2O3. The molecule has 3 rings (SSSR count). The van der Waals surface area contributed by atoms with Gasteiger partial charge in [0.2, 0.25) is 5.91 Å². The largest absolute Gasteiger partial charge is 0.490 e. The van der Waals surface area contributed by atoms with Gasteiger partial charge in [-0.2, -0.15) is 0 Å². The van der Waals surface area contributed by atoms with Crippen LogP contribution < -0.4 is 20.1 Å². The summed E-state index contributed by atoms with van der Waals surface area (Å²) in [5.74, 6) is 1.20. The average Bonchev–Trinajstić information content (AvgIpc) is 2.74. The number of carbonyl (C=O) groups excluding carboxylic acids is 1. The topological polar surface area (TPSA) is 59.6 Å². The van der Waals surface area contributed by atoms with Gasteiger partial charge in [-0.25, -0.2) is 0 Å². The second-order valence-corrected chi connectivity index (χ2v) is 6.78. The van der Waals surface area contributed by atoms with Crippen molar-refractivity contribution in [2.24, 2.45) is 0 Å². The van der Waals surface area contributed by atoms with Gasteiger partial charge in [0.1, 0.15) is 24.7 Å². The number of rotatable bonds is 9. The van der Waals surface area contributed by atoms with Crippen molar-refractivity contribution in [1.29, 1.82) is 0 Å². The Morgan fingerprint density at radius 3 is 2.45 bits per heavy atom. The Labute approximate surface area is 175 Å². The van der Waals surface area contributed by atoms with Crippen molar-refractivity contribution >= 4 is 28.9 Å². The molecule has 29 heavy (non-hydrogen) atoms. The van der Waals surface area contributed by atoms with E-state index in [2.05, 4.69) is 10.6 Å². The van der Waals surface area contributed by atoms with Crippen LogP contribution >= 0.6 is 11.6 Å². The number of nitrogens with one attached hydrogen (secondary N) is 2. The van der Waals surface area contributed by atoms with Crippen LogP contribution in [0.3, 0.4) is 0 Å². The fraction of sp³-hybridized carbons (Fsp3) is 0.174. The molecule has 0 heterocycles. The average molecular weight is 411 g/mol. The standard InChI is InChI=1S/C23H23ClN2O3/c1-17-11-12-18(15-20(17)24)25-16-23(27)26-21-9-5-6-10-22(21)29-14-13-28-19-7-3-2-4-8-19/h2-12,15,25H,13-14,16H2,1H3,(H,26,27). The van der Waals surface area contributed by atoms with E-state index in [1.807, 2.05) is 67.6 Å². The number of carbonyl (C=O) groups is 1. The Balaban J connectivity index is 1.48. The quantitative estimate of drug-likeness (QED) is 0.478. The first-order valence-electron chi connectivity index (χ1n) is 9.31. The third kappa shape index (κ3) is 6.43. The van der Waals surface area contributed by atoms with Crippen LogP contribution in [0.15, 0.2) is 72.8 Å². The molecule has 0 unspecified atom stereocenters. The zero-order valence-electron chi connectivity index (χ0n) is 16.2. The molecule has 0 spiro atoms. The van der Waals surface area contributed by atoms with E-state index >= 15 is 0 Å². The van der Waals surface area contributed by atoms with E-state index in [1.165, 1.54) is 0 Å². The molecule has 0 aliphatic carbocycles. The maximum absolute atomic E-state index is 12.3. The van der Waals surface area contributed by atoms with Gasteiger partial charge in [0.05, 0.1) is 12.2 Å². The fourth-order valence-electron chi connectivity index (χ4n) is 2.60.